The van der Waals surface area contributed by atoms with Crippen molar-refractivity contribution in [3.05, 3.63) is 65.6 Å². The molecule has 0 aliphatic carbocycles. The third-order valence-corrected chi connectivity index (χ3v) is 3.82. The second-order valence-corrected chi connectivity index (χ2v) is 5.49. The van der Waals surface area contributed by atoms with Crippen LogP contribution in [0.5, 0.6) is 0 Å². The Morgan fingerprint density at radius 1 is 1.23 bits per heavy atom. The van der Waals surface area contributed by atoms with Gasteiger partial charge >= 0.3 is 5.97 Å². The van der Waals surface area contributed by atoms with Gasteiger partial charge in [0, 0.05) is 12.7 Å². The fraction of sp³-hybridized carbons (Fsp3) is 0.222. The van der Waals surface area contributed by atoms with Crippen molar-refractivity contribution >= 4 is 17.5 Å². The number of carbonyl (C=O) groups excluding carboxylic acids is 1. The maximum absolute atomic E-state index is 13.8. The van der Waals surface area contributed by atoms with Crippen molar-refractivity contribution in [2.24, 2.45) is 0 Å². The second kappa shape index (κ2) is 7.73. The largest absolute Gasteiger partial charge is 0.454 e. The third kappa shape index (κ3) is 3.69. The number of aryl methyl sites for hydroxylation is 1. The Labute approximate surface area is 149 Å². The summed E-state index contributed by atoms with van der Waals surface area (Å²) in [7, 11) is 0. The zero-order valence-electron chi connectivity index (χ0n) is 14.4. The number of para-hydroxylation sites is 1. The first-order valence-electron chi connectivity index (χ1n) is 8.12. The molecule has 2 aromatic heterocycles. The molecule has 0 saturated carbocycles. The van der Waals surface area contributed by atoms with Crippen molar-refractivity contribution in [3.8, 4) is 0 Å². The molecule has 0 amide bonds. The van der Waals surface area contributed by atoms with E-state index >= 15 is 0 Å². The number of rotatable bonds is 6. The summed E-state index contributed by atoms with van der Waals surface area (Å²) in [6.45, 7) is 4.46. The highest BCUT2D eigenvalue weighted by Gasteiger charge is 2.17. The molecule has 3 aromatic rings. The molecule has 0 bridgehead atoms. The first kappa shape index (κ1) is 17.5. The van der Waals surface area contributed by atoms with Crippen LogP contribution in [0.2, 0.25) is 0 Å². The molecule has 134 valence electrons. The van der Waals surface area contributed by atoms with Gasteiger partial charge in [0.15, 0.2) is 12.4 Å². The molecule has 0 aliphatic rings. The normalized spacial score (nSPS) is 10.6. The fourth-order valence-electron chi connectivity index (χ4n) is 2.51. The van der Waals surface area contributed by atoms with Crippen LogP contribution in [-0.4, -0.2) is 25.7 Å². The van der Waals surface area contributed by atoms with Crippen molar-refractivity contribution in [2.75, 3.05) is 5.32 Å². The summed E-state index contributed by atoms with van der Waals surface area (Å²) < 4.78 is 21.0. The molecule has 0 unspecified atom stereocenters. The minimum Gasteiger partial charge on any atom is -0.454 e. The summed E-state index contributed by atoms with van der Waals surface area (Å²) in [6, 6.07) is 9.33. The number of anilines is 2. The van der Waals surface area contributed by atoms with Crippen LogP contribution >= 0.6 is 0 Å². The molecule has 7 nitrogen and oxygen atoms in total. The third-order valence-electron chi connectivity index (χ3n) is 3.82. The number of pyridine rings is 1. The minimum atomic E-state index is -0.583. The number of nitrogens with one attached hydrogen (secondary N) is 1. The van der Waals surface area contributed by atoms with Crippen molar-refractivity contribution in [2.45, 2.75) is 27.0 Å². The first-order chi connectivity index (χ1) is 12.6. The summed E-state index contributed by atoms with van der Waals surface area (Å²) in [6.07, 6.45) is 1.51. The van der Waals surface area contributed by atoms with Crippen molar-refractivity contribution in [3.63, 3.8) is 0 Å². The topological polar surface area (TPSA) is 81.9 Å². The second-order valence-electron chi connectivity index (χ2n) is 5.49. The van der Waals surface area contributed by atoms with Crippen LogP contribution in [0.3, 0.4) is 0 Å². The number of nitrogens with zero attached hydrogens (tertiary/aromatic N) is 4. The highest BCUT2D eigenvalue weighted by molar-refractivity contribution is 5.95. The Hall–Kier alpha value is -3.29. The standard InChI is InChI=1S/C18H18FN5O2/c1-3-24-12(2)22-23-16(24)11-26-18(25)13-7-6-10-20-17(13)21-15-9-5-4-8-14(15)19/h4-10H,3,11H2,1-2H3,(H,20,21). The molecule has 0 aliphatic heterocycles. The molecule has 0 radical (unpaired) electrons. The fourth-order valence-corrected chi connectivity index (χ4v) is 2.51. The van der Waals surface area contributed by atoms with Crippen LogP contribution in [0.4, 0.5) is 15.9 Å². The minimum absolute atomic E-state index is 0.0124. The highest BCUT2D eigenvalue weighted by atomic mass is 19.1. The quantitative estimate of drug-likeness (QED) is 0.684. The molecule has 8 heteroatoms. The van der Waals surface area contributed by atoms with Crippen molar-refractivity contribution in [1.82, 2.24) is 19.7 Å². The number of esters is 1. The van der Waals surface area contributed by atoms with Crippen LogP contribution in [0.15, 0.2) is 42.6 Å². The van der Waals surface area contributed by atoms with Gasteiger partial charge in [-0.15, -0.1) is 10.2 Å². The van der Waals surface area contributed by atoms with E-state index in [1.165, 1.54) is 12.3 Å². The molecule has 0 atom stereocenters. The number of benzene rings is 1. The van der Waals surface area contributed by atoms with Crippen LogP contribution < -0.4 is 5.32 Å². The van der Waals surface area contributed by atoms with E-state index < -0.39 is 11.8 Å². The van der Waals surface area contributed by atoms with Gasteiger partial charge in [0.05, 0.1) is 5.69 Å². The van der Waals surface area contributed by atoms with Crippen LogP contribution in [0, 0.1) is 12.7 Å². The molecule has 1 aromatic carbocycles. The Balaban J connectivity index is 1.76. The lowest BCUT2D eigenvalue weighted by Gasteiger charge is -2.11. The molecule has 2 heterocycles. The Kier molecular flexibility index (Phi) is 5.21. The van der Waals surface area contributed by atoms with E-state index in [1.807, 2.05) is 18.4 Å². The number of halogens is 1. The zero-order chi connectivity index (χ0) is 18.5. The van der Waals surface area contributed by atoms with Crippen LogP contribution in [-0.2, 0) is 17.9 Å². The Morgan fingerprint density at radius 2 is 2.04 bits per heavy atom. The number of hydrogen-bond donors (Lipinski definition) is 1. The lowest BCUT2D eigenvalue weighted by Crippen LogP contribution is -2.12. The lowest BCUT2D eigenvalue weighted by atomic mass is 10.2. The monoisotopic (exact) mass is 355 g/mol. The van der Waals surface area contributed by atoms with E-state index in [4.69, 9.17) is 4.74 Å². The van der Waals surface area contributed by atoms with Crippen LogP contribution in [0.1, 0.15) is 28.9 Å². The Bertz CT molecular complexity index is 925. The molecule has 0 saturated heterocycles. The van der Waals surface area contributed by atoms with Gasteiger partial charge in [0.25, 0.3) is 0 Å². The van der Waals surface area contributed by atoms with Gasteiger partial charge in [-0.25, -0.2) is 14.2 Å². The summed E-state index contributed by atoms with van der Waals surface area (Å²) in [5, 5.41) is 10.8. The molecular formula is C18H18FN5O2. The van der Waals surface area contributed by atoms with E-state index in [0.717, 1.165) is 5.82 Å². The van der Waals surface area contributed by atoms with Gasteiger partial charge in [-0.05, 0) is 38.1 Å². The predicted molar refractivity (Wildman–Crippen MR) is 93.5 cm³/mol. The molecule has 3 rings (SSSR count). The number of aromatic nitrogens is 4. The predicted octanol–water partition coefficient (Wildman–Crippen LogP) is 3.24. The maximum Gasteiger partial charge on any atom is 0.342 e. The van der Waals surface area contributed by atoms with Gasteiger partial charge < -0.3 is 14.6 Å². The molecular weight excluding hydrogens is 337 g/mol. The van der Waals surface area contributed by atoms with Gasteiger partial charge in [0.2, 0.25) is 0 Å². The molecule has 0 fully saturated rings. The number of carbonyl (C=O) groups is 1. The van der Waals surface area contributed by atoms with Gasteiger partial charge in [-0.3, -0.25) is 0 Å². The number of hydrogen-bond acceptors (Lipinski definition) is 6. The van der Waals surface area contributed by atoms with Gasteiger partial charge in [-0.2, -0.15) is 0 Å². The summed E-state index contributed by atoms with van der Waals surface area (Å²) in [5.41, 5.74) is 0.427. The van der Waals surface area contributed by atoms with Crippen LogP contribution in [0.25, 0.3) is 0 Å². The Morgan fingerprint density at radius 3 is 2.81 bits per heavy atom. The van der Waals surface area contributed by atoms with Gasteiger partial charge in [0.1, 0.15) is 23.0 Å². The average Bonchev–Trinajstić information content (AvgIpc) is 3.01. The van der Waals surface area contributed by atoms with E-state index in [0.29, 0.717) is 12.4 Å². The SMILES string of the molecule is CCn1c(C)nnc1COC(=O)c1cccnc1Nc1ccccc1F. The molecule has 0 spiro atoms. The highest BCUT2D eigenvalue weighted by Crippen LogP contribution is 2.21. The molecule has 26 heavy (non-hydrogen) atoms. The smallest absolute Gasteiger partial charge is 0.342 e. The zero-order valence-corrected chi connectivity index (χ0v) is 14.4. The maximum atomic E-state index is 13.8. The summed E-state index contributed by atoms with van der Waals surface area (Å²) in [5.74, 6) is 0.507. The van der Waals surface area contributed by atoms with E-state index in [9.17, 15) is 9.18 Å². The lowest BCUT2D eigenvalue weighted by molar-refractivity contribution is 0.0458. The summed E-state index contributed by atoms with van der Waals surface area (Å²) in [4.78, 5) is 16.6. The average molecular weight is 355 g/mol. The van der Waals surface area contributed by atoms with Gasteiger partial charge in [-0.1, -0.05) is 12.1 Å². The number of ether oxygens (including phenoxy) is 1. The van der Waals surface area contributed by atoms with Crippen molar-refractivity contribution < 1.29 is 13.9 Å². The van der Waals surface area contributed by atoms with Crippen molar-refractivity contribution in [1.29, 1.82) is 0 Å². The summed E-state index contributed by atoms with van der Waals surface area (Å²) >= 11 is 0. The first-order valence-corrected chi connectivity index (χ1v) is 8.12. The van der Waals surface area contributed by atoms with E-state index in [-0.39, 0.29) is 23.7 Å². The van der Waals surface area contributed by atoms with E-state index in [1.54, 1.807) is 30.3 Å². The van der Waals surface area contributed by atoms with E-state index in [2.05, 4.69) is 20.5 Å². The molecule has 1 N–H and O–H groups in total.